The second kappa shape index (κ2) is 5.25. The standard InChI is InChI=1S/C11H11F3N2O2/c12-11(13,14)8-2-1-6(16)5-7(8)10(18)9(17)3-4-15/h1-2,5,9-10,17-18H,3,16H2. The van der Waals surface area contributed by atoms with Crippen molar-refractivity contribution in [2.24, 2.45) is 0 Å². The molecule has 0 radical (unpaired) electrons. The van der Waals surface area contributed by atoms with Crippen molar-refractivity contribution < 1.29 is 23.4 Å². The van der Waals surface area contributed by atoms with Crippen LogP contribution in [0, 0.1) is 11.3 Å². The lowest BCUT2D eigenvalue weighted by Crippen LogP contribution is -2.21. The first kappa shape index (κ1) is 14.3. The molecule has 0 aliphatic heterocycles. The van der Waals surface area contributed by atoms with Gasteiger partial charge in [-0.1, -0.05) is 0 Å². The molecule has 0 aliphatic rings. The zero-order valence-corrected chi connectivity index (χ0v) is 9.15. The van der Waals surface area contributed by atoms with Crippen LogP contribution >= 0.6 is 0 Å². The Balaban J connectivity index is 3.22. The fourth-order valence-corrected chi connectivity index (χ4v) is 1.50. The molecule has 0 fully saturated rings. The highest BCUT2D eigenvalue weighted by atomic mass is 19.4. The van der Waals surface area contributed by atoms with Gasteiger partial charge in [-0.2, -0.15) is 18.4 Å². The van der Waals surface area contributed by atoms with E-state index in [4.69, 9.17) is 11.0 Å². The number of nitrogens with two attached hydrogens (primary N) is 1. The van der Waals surface area contributed by atoms with E-state index in [0.717, 1.165) is 18.2 Å². The number of hydrogen-bond acceptors (Lipinski definition) is 4. The van der Waals surface area contributed by atoms with Gasteiger partial charge in [-0.3, -0.25) is 0 Å². The lowest BCUT2D eigenvalue weighted by Gasteiger charge is -2.20. The Morgan fingerprint density at radius 1 is 1.33 bits per heavy atom. The Morgan fingerprint density at radius 2 is 1.94 bits per heavy atom. The van der Waals surface area contributed by atoms with Crippen LogP contribution in [0.15, 0.2) is 18.2 Å². The van der Waals surface area contributed by atoms with E-state index in [1.54, 1.807) is 6.07 Å². The summed E-state index contributed by atoms with van der Waals surface area (Å²) in [7, 11) is 0. The third kappa shape index (κ3) is 3.12. The molecule has 1 aromatic carbocycles. The number of nitrogen functional groups attached to an aromatic ring is 1. The maximum Gasteiger partial charge on any atom is 0.416 e. The summed E-state index contributed by atoms with van der Waals surface area (Å²) in [6.45, 7) is 0. The Morgan fingerprint density at radius 3 is 2.44 bits per heavy atom. The van der Waals surface area contributed by atoms with Crippen LogP contribution in [-0.2, 0) is 6.18 Å². The second-order valence-electron chi connectivity index (χ2n) is 3.72. The highest BCUT2D eigenvalue weighted by Crippen LogP contribution is 2.36. The molecule has 18 heavy (non-hydrogen) atoms. The summed E-state index contributed by atoms with van der Waals surface area (Å²) in [5.41, 5.74) is 3.77. The van der Waals surface area contributed by atoms with Crippen molar-refractivity contribution in [2.45, 2.75) is 24.8 Å². The van der Waals surface area contributed by atoms with Gasteiger partial charge in [0.15, 0.2) is 0 Å². The summed E-state index contributed by atoms with van der Waals surface area (Å²) in [6.07, 6.45) is -8.56. The molecule has 0 bridgehead atoms. The van der Waals surface area contributed by atoms with Gasteiger partial charge in [0.2, 0.25) is 0 Å². The van der Waals surface area contributed by atoms with E-state index in [1.165, 1.54) is 0 Å². The average Bonchev–Trinajstić information content (AvgIpc) is 2.26. The molecule has 2 unspecified atom stereocenters. The molecule has 0 heterocycles. The molecule has 98 valence electrons. The number of aliphatic hydroxyl groups excluding tert-OH is 2. The van der Waals surface area contributed by atoms with Crippen molar-refractivity contribution in [3.05, 3.63) is 29.3 Å². The van der Waals surface area contributed by atoms with E-state index in [-0.39, 0.29) is 5.69 Å². The van der Waals surface area contributed by atoms with Crippen LogP contribution in [0.1, 0.15) is 23.7 Å². The van der Waals surface area contributed by atoms with Crippen molar-refractivity contribution in [3.8, 4) is 6.07 Å². The lowest BCUT2D eigenvalue weighted by molar-refractivity contribution is -0.139. The van der Waals surface area contributed by atoms with Crippen molar-refractivity contribution in [1.82, 2.24) is 0 Å². The van der Waals surface area contributed by atoms with E-state index in [2.05, 4.69) is 0 Å². The van der Waals surface area contributed by atoms with Gasteiger partial charge in [-0.15, -0.1) is 0 Å². The number of anilines is 1. The summed E-state index contributed by atoms with van der Waals surface area (Å²) in [6, 6.07) is 4.29. The molecule has 4 nitrogen and oxygen atoms in total. The average molecular weight is 260 g/mol. The van der Waals surface area contributed by atoms with Gasteiger partial charge in [-0.25, -0.2) is 0 Å². The van der Waals surface area contributed by atoms with Crippen molar-refractivity contribution >= 4 is 5.69 Å². The molecular weight excluding hydrogens is 249 g/mol. The molecule has 4 N–H and O–H groups in total. The predicted molar refractivity (Wildman–Crippen MR) is 57.1 cm³/mol. The quantitative estimate of drug-likeness (QED) is 0.720. The third-order valence-corrected chi connectivity index (χ3v) is 2.36. The second-order valence-corrected chi connectivity index (χ2v) is 3.72. The van der Waals surface area contributed by atoms with Gasteiger partial charge in [0.25, 0.3) is 0 Å². The molecule has 1 aromatic rings. The van der Waals surface area contributed by atoms with Gasteiger partial charge in [-0.05, 0) is 23.8 Å². The van der Waals surface area contributed by atoms with E-state index in [1.807, 2.05) is 0 Å². The van der Waals surface area contributed by atoms with Gasteiger partial charge in [0.05, 0.1) is 24.2 Å². The Bertz CT molecular complexity index is 468. The Kier molecular flexibility index (Phi) is 4.16. The summed E-state index contributed by atoms with van der Waals surface area (Å²) in [4.78, 5) is 0. The number of benzene rings is 1. The summed E-state index contributed by atoms with van der Waals surface area (Å²) >= 11 is 0. The first-order valence-corrected chi connectivity index (χ1v) is 4.97. The van der Waals surface area contributed by atoms with E-state index in [9.17, 15) is 23.4 Å². The number of alkyl halides is 3. The molecule has 7 heteroatoms. The number of aliphatic hydroxyl groups is 2. The topological polar surface area (TPSA) is 90.3 Å². The van der Waals surface area contributed by atoms with Crippen LogP contribution in [0.2, 0.25) is 0 Å². The van der Waals surface area contributed by atoms with Crippen LogP contribution in [-0.4, -0.2) is 16.3 Å². The minimum Gasteiger partial charge on any atom is -0.399 e. The molecule has 0 aliphatic carbocycles. The predicted octanol–water partition coefficient (Wildman–Crippen LogP) is 1.60. The highest BCUT2D eigenvalue weighted by Gasteiger charge is 2.36. The third-order valence-electron chi connectivity index (χ3n) is 2.36. The molecule has 0 aromatic heterocycles. The molecule has 0 amide bonds. The van der Waals surface area contributed by atoms with E-state index < -0.39 is 35.9 Å². The summed E-state index contributed by atoms with van der Waals surface area (Å²) in [5, 5.41) is 27.4. The number of halogens is 3. The molecular formula is C11H11F3N2O2. The SMILES string of the molecule is N#CCC(O)C(O)c1cc(N)ccc1C(F)(F)F. The maximum absolute atomic E-state index is 12.7. The zero-order valence-electron chi connectivity index (χ0n) is 9.15. The molecule has 0 saturated heterocycles. The Hall–Kier alpha value is -1.78. The van der Waals surface area contributed by atoms with E-state index in [0.29, 0.717) is 0 Å². The first-order chi connectivity index (χ1) is 8.27. The highest BCUT2D eigenvalue weighted by molar-refractivity contribution is 5.47. The number of hydrogen-bond donors (Lipinski definition) is 3. The van der Waals surface area contributed by atoms with E-state index >= 15 is 0 Å². The van der Waals surface area contributed by atoms with Crippen LogP contribution in [0.25, 0.3) is 0 Å². The van der Waals surface area contributed by atoms with Crippen LogP contribution in [0.5, 0.6) is 0 Å². The van der Waals surface area contributed by atoms with Gasteiger partial charge in [0, 0.05) is 5.69 Å². The summed E-state index contributed by atoms with van der Waals surface area (Å²) < 4.78 is 38.1. The lowest BCUT2D eigenvalue weighted by atomic mass is 9.96. The van der Waals surface area contributed by atoms with Crippen molar-refractivity contribution in [3.63, 3.8) is 0 Å². The van der Waals surface area contributed by atoms with Crippen LogP contribution in [0.4, 0.5) is 18.9 Å². The normalized spacial score (nSPS) is 14.9. The molecule has 0 spiro atoms. The van der Waals surface area contributed by atoms with Crippen molar-refractivity contribution in [1.29, 1.82) is 5.26 Å². The minimum absolute atomic E-state index is 0.0289. The van der Waals surface area contributed by atoms with Gasteiger partial charge >= 0.3 is 6.18 Å². The smallest absolute Gasteiger partial charge is 0.399 e. The molecule has 2 atom stereocenters. The monoisotopic (exact) mass is 260 g/mol. The molecule has 1 rings (SSSR count). The first-order valence-electron chi connectivity index (χ1n) is 4.97. The van der Waals surface area contributed by atoms with Crippen molar-refractivity contribution in [2.75, 3.05) is 5.73 Å². The van der Waals surface area contributed by atoms with Gasteiger partial charge in [0.1, 0.15) is 6.10 Å². The molecule has 0 saturated carbocycles. The fourth-order valence-electron chi connectivity index (χ4n) is 1.50. The Labute approximate surface area is 101 Å². The number of nitriles is 1. The summed E-state index contributed by atoms with van der Waals surface area (Å²) in [5.74, 6) is 0. The van der Waals surface area contributed by atoms with Gasteiger partial charge < -0.3 is 15.9 Å². The number of rotatable bonds is 3. The zero-order chi connectivity index (χ0) is 13.9. The largest absolute Gasteiger partial charge is 0.416 e. The van der Waals surface area contributed by atoms with Crippen LogP contribution < -0.4 is 5.73 Å². The van der Waals surface area contributed by atoms with Crippen LogP contribution in [0.3, 0.4) is 0 Å². The minimum atomic E-state index is -4.67. The maximum atomic E-state index is 12.7. The number of nitrogens with zero attached hydrogens (tertiary/aromatic N) is 1. The fraction of sp³-hybridized carbons (Fsp3) is 0.364.